The molecule has 3 heteroatoms. The SMILES string of the molecule is Cc1ccc2ccccc2n1.[OH][AlH2]. The van der Waals surface area contributed by atoms with Crippen LogP contribution in [-0.2, 0) is 0 Å². The fourth-order valence-electron chi connectivity index (χ4n) is 1.17. The molecule has 2 aromatic rings. The summed E-state index contributed by atoms with van der Waals surface area (Å²) in [5, 5.41) is 1.21. The van der Waals surface area contributed by atoms with Crippen molar-refractivity contribution in [3.63, 3.8) is 0 Å². The van der Waals surface area contributed by atoms with Gasteiger partial charge >= 0.3 is 16.6 Å². The number of aromatic nitrogens is 1. The quantitative estimate of drug-likeness (QED) is 0.629. The van der Waals surface area contributed by atoms with Crippen molar-refractivity contribution in [3.8, 4) is 0 Å². The highest BCUT2D eigenvalue weighted by molar-refractivity contribution is 5.95. The molecule has 1 aromatic carbocycles. The molecule has 0 atom stereocenters. The standard InChI is InChI=1S/C10H9N.Al.H2O.2H/c1-8-6-7-9-4-2-3-5-10(9)11-8;;;;/h2-7H,1H3;;1H2;;/q;+1;;;/p-1. The molecule has 0 amide bonds. The summed E-state index contributed by atoms with van der Waals surface area (Å²) in [6, 6.07) is 12.3. The smallest absolute Gasteiger partial charge is 0.407 e. The van der Waals surface area contributed by atoms with E-state index in [0.717, 1.165) is 11.2 Å². The van der Waals surface area contributed by atoms with Crippen molar-refractivity contribution in [2.75, 3.05) is 0 Å². The zero-order valence-corrected chi connectivity index (χ0v) is 9.86. The van der Waals surface area contributed by atoms with E-state index in [2.05, 4.69) is 17.1 Å². The van der Waals surface area contributed by atoms with Gasteiger partial charge in [-0.2, -0.15) is 0 Å². The van der Waals surface area contributed by atoms with Gasteiger partial charge in [0.1, 0.15) is 0 Å². The minimum atomic E-state index is 0.306. The third kappa shape index (κ3) is 2.53. The monoisotopic (exact) mass is 189 g/mol. The summed E-state index contributed by atoms with van der Waals surface area (Å²) in [5.74, 6) is 0. The zero-order valence-electron chi connectivity index (χ0n) is 7.86. The van der Waals surface area contributed by atoms with Gasteiger partial charge in [0, 0.05) is 11.1 Å². The molecule has 66 valence electrons. The summed E-state index contributed by atoms with van der Waals surface area (Å²) in [7, 11) is 0. The molecule has 0 unspecified atom stereocenters. The number of fused-ring (bicyclic) bond motifs is 1. The van der Waals surface area contributed by atoms with E-state index in [4.69, 9.17) is 4.16 Å². The maximum Gasteiger partial charge on any atom is 0.407 e. The lowest BCUT2D eigenvalue weighted by molar-refractivity contribution is 0.629. The summed E-state index contributed by atoms with van der Waals surface area (Å²) in [6.07, 6.45) is 0. The Hall–Kier alpha value is -0.878. The fraction of sp³-hybridized carbons (Fsp3) is 0.100. The van der Waals surface area contributed by atoms with Crippen LogP contribution >= 0.6 is 0 Å². The molecule has 0 aliphatic carbocycles. The van der Waals surface area contributed by atoms with E-state index in [-0.39, 0.29) is 0 Å². The van der Waals surface area contributed by atoms with E-state index in [1.165, 1.54) is 5.39 Å². The van der Waals surface area contributed by atoms with Crippen molar-refractivity contribution in [2.45, 2.75) is 6.92 Å². The van der Waals surface area contributed by atoms with Gasteiger partial charge in [-0.15, -0.1) is 0 Å². The molecule has 1 aromatic heterocycles. The molecule has 0 saturated carbocycles. The van der Waals surface area contributed by atoms with E-state index in [0.29, 0.717) is 16.6 Å². The van der Waals surface area contributed by atoms with Crippen molar-refractivity contribution in [1.82, 2.24) is 4.98 Å². The Balaban J connectivity index is 0.000000396. The average Bonchev–Trinajstić information content (AvgIpc) is 2.21. The number of aryl methyl sites for hydroxylation is 1. The van der Waals surface area contributed by atoms with Gasteiger partial charge in [-0.1, -0.05) is 24.3 Å². The highest BCUT2D eigenvalue weighted by Gasteiger charge is 1.90. The summed E-state index contributed by atoms with van der Waals surface area (Å²) in [4.78, 5) is 4.38. The molecule has 0 spiro atoms. The van der Waals surface area contributed by atoms with Crippen molar-refractivity contribution in [1.29, 1.82) is 0 Å². The molecule has 0 aliphatic rings. The molecule has 13 heavy (non-hydrogen) atoms. The Morgan fingerprint density at radius 3 is 2.54 bits per heavy atom. The second kappa shape index (κ2) is 4.98. The van der Waals surface area contributed by atoms with Crippen molar-refractivity contribution in [2.24, 2.45) is 0 Å². The minimum absolute atomic E-state index is 0.306. The molecule has 1 N–H and O–H groups in total. The first-order valence-electron chi connectivity index (χ1n) is 4.13. The van der Waals surface area contributed by atoms with Gasteiger partial charge in [0.15, 0.2) is 0 Å². The molecular formula is C10H12AlNO. The van der Waals surface area contributed by atoms with E-state index in [1.807, 2.05) is 31.2 Å². The van der Waals surface area contributed by atoms with Crippen LogP contribution in [0, 0.1) is 6.92 Å². The number of benzene rings is 1. The van der Waals surface area contributed by atoms with Gasteiger partial charge in [-0.05, 0) is 19.1 Å². The first-order valence-corrected chi connectivity index (χ1v) is 5.03. The minimum Gasteiger partial charge on any atom is -0.521 e. The second-order valence-corrected chi connectivity index (χ2v) is 2.65. The average molecular weight is 189 g/mol. The maximum absolute atomic E-state index is 7.14. The molecule has 2 rings (SSSR count). The number of hydrogen-bond donors (Lipinski definition) is 1. The van der Waals surface area contributed by atoms with Gasteiger partial charge in [-0.25, -0.2) is 0 Å². The van der Waals surface area contributed by atoms with Crippen LogP contribution in [-0.4, -0.2) is 25.8 Å². The van der Waals surface area contributed by atoms with Crippen LogP contribution in [0.4, 0.5) is 0 Å². The fourth-order valence-corrected chi connectivity index (χ4v) is 1.17. The number of nitrogens with zero attached hydrogens (tertiary/aromatic N) is 1. The number of rotatable bonds is 0. The molecule has 0 aliphatic heterocycles. The normalized spacial score (nSPS) is 9.08. The van der Waals surface area contributed by atoms with E-state index in [1.54, 1.807) is 0 Å². The molecule has 0 radical (unpaired) electrons. The molecule has 0 fully saturated rings. The van der Waals surface area contributed by atoms with E-state index >= 15 is 0 Å². The Labute approximate surface area is 86.0 Å². The van der Waals surface area contributed by atoms with Crippen LogP contribution in [0.1, 0.15) is 5.69 Å². The van der Waals surface area contributed by atoms with Crippen LogP contribution in [0.2, 0.25) is 0 Å². The molecule has 0 bridgehead atoms. The Morgan fingerprint density at radius 1 is 1.08 bits per heavy atom. The predicted octanol–water partition coefficient (Wildman–Crippen LogP) is 1.07. The predicted molar refractivity (Wildman–Crippen MR) is 57.2 cm³/mol. The van der Waals surface area contributed by atoms with Crippen LogP contribution < -0.4 is 0 Å². The lowest BCUT2D eigenvalue weighted by Gasteiger charge is -1.95. The summed E-state index contributed by atoms with van der Waals surface area (Å²) in [5.41, 5.74) is 2.15. The molecule has 2 nitrogen and oxygen atoms in total. The van der Waals surface area contributed by atoms with Gasteiger partial charge in [0.25, 0.3) is 0 Å². The Kier molecular flexibility index (Phi) is 3.91. The Bertz CT molecular complexity index is 389. The zero-order chi connectivity index (χ0) is 9.68. The highest BCUT2D eigenvalue weighted by atomic mass is 27.1. The third-order valence-corrected chi connectivity index (χ3v) is 1.74. The van der Waals surface area contributed by atoms with E-state index in [9.17, 15) is 0 Å². The van der Waals surface area contributed by atoms with Gasteiger partial charge in [0.05, 0.1) is 5.52 Å². The van der Waals surface area contributed by atoms with E-state index < -0.39 is 0 Å². The molecule has 1 heterocycles. The van der Waals surface area contributed by atoms with Gasteiger partial charge in [0.2, 0.25) is 0 Å². The van der Waals surface area contributed by atoms with Gasteiger partial charge in [-0.3, -0.25) is 4.98 Å². The van der Waals surface area contributed by atoms with Gasteiger partial charge < -0.3 is 4.16 Å². The highest BCUT2D eigenvalue weighted by Crippen LogP contribution is 2.10. The third-order valence-electron chi connectivity index (χ3n) is 1.74. The van der Waals surface area contributed by atoms with Crippen LogP contribution in [0.15, 0.2) is 36.4 Å². The first kappa shape index (κ1) is 10.2. The number of pyridine rings is 1. The number of para-hydroxylation sites is 1. The largest absolute Gasteiger partial charge is 0.521 e. The summed E-state index contributed by atoms with van der Waals surface area (Å²) >= 11 is 0.306. The van der Waals surface area contributed by atoms with Crippen LogP contribution in [0.5, 0.6) is 0 Å². The lowest BCUT2D eigenvalue weighted by atomic mass is 10.2. The topological polar surface area (TPSA) is 33.1 Å². The lowest BCUT2D eigenvalue weighted by Crippen LogP contribution is -1.80. The second-order valence-electron chi connectivity index (χ2n) is 2.65. The van der Waals surface area contributed by atoms with Crippen LogP contribution in [0.3, 0.4) is 0 Å². The first-order chi connectivity index (χ1) is 6.36. The number of hydrogen-bond acceptors (Lipinski definition) is 2. The maximum atomic E-state index is 7.14. The molecular weight excluding hydrogens is 177 g/mol. The van der Waals surface area contributed by atoms with Crippen molar-refractivity contribution in [3.05, 3.63) is 42.1 Å². The van der Waals surface area contributed by atoms with Crippen LogP contribution in [0.25, 0.3) is 10.9 Å². The van der Waals surface area contributed by atoms with Crippen molar-refractivity contribution >= 4 is 27.5 Å². The molecule has 0 saturated heterocycles. The summed E-state index contributed by atoms with van der Waals surface area (Å²) < 4.78 is 7.14. The summed E-state index contributed by atoms with van der Waals surface area (Å²) in [6.45, 7) is 2.01. The van der Waals surface area contributed by atoms with Crippen molar-refractivity contribution < 1.29 is 4.16 Å². The Morgan fingerprint density at radius 2 is 1.77 bits per heavy atom.